The van der Waals surface area contributed by atoms with E-state index in [0.717, 1.165) is 5.75 Å². The van der Waals surface area contributed by atoms with Gasteiger partial charge in [0.15, 0.2) is 0 Å². The molecule has 0 aromatic heterocycles. The fourth-order valence-corrected chi connectivity index (χ4v) is 3.24. The van der Waals surface area contributed by atoms with Crippen molar-refractivity contribution in [2.75, 3.05) is 12.8 Å². The standard InChI is InChI=1S/C18H23NS/c1-5-20-16-9-7-15(8-10-16)18(19-4)17-11-6-13(2)12-14(17)3/h6-12,18-19H,5H2,1-4H3. The Kier molecular flexibility index (Phi) is 5.27. The van der Waals surface area contributed by atoms with Crippen LogP contribution >= 0.6 is 11.8 Å². The molecule has 0 spiro atoms. The Balaban J connectivity index is 2.31. The highest BCUT2D eigenvalue weighted by Crippen LogP contribution is 2.27. The van der Waals surface area contributed by atoms with Crippen LogP contribution in [-0.2, 0) is 0 Å². The first kappa shape index (κ1) is 15.1. The Morgan fingerprint density at radius 2 is 1.75 bits per heavy atom. The van der Waals surface area contributed by atoms with E-state index in [-0.39, 0.29) is 6.04 Å². The van der Waals surface area contributed by atoms with Gasteiger partial charge in [0.2, 0.25) is 0 Å². The molecule has 2 rings (SSSR count). The molecule has 0 aliphatic carbocycles. The predicted octanol–water partition coefficient (Wildman–Crippen LogP) is 4.72. The highest BCUT2D eigenvalue weighted by atomic mass is 32.2. The number of benzene rings is 2. The fourth-order valence-electron chi connectivity index (χ4n) is 2.57. The maximum Gasteiger partial charge on any atom is 0.0576 e. The monoisotopic (exact) mass is 285 g/mol. The summed E-state index contributed by atoms with van der Waals surface area (Å²) in [4.78, 5) is 1.34. The van der Waals surface area contributed by atoms with Crippen LogP contribution in [0.5, 0.6) is 0 Å². The number of hydrogen-bond acceptors (Lipinski definition) is 2. The second kappa shape index (κ2) is 6.96. The summed E-state index contributed by atoms with van der Waals surface area (Å²) in [5, 5.41) is 3.44. The Hall–Kier alpha value is -1.25. The molecule has 2 aromatic rings. The van der Waals surface area contributed by atoms with Gasteiger partial charge in [-0.25, -0.2) is 0 Å². The number of aryl methyl sites for hydroxylation is 2. The van der Waals surface area contributed by atoms with Crippen LogP contribution in [0.4, 0.5) is 0 Å². The minimum absolute atomic E-state index is 0.260. The van der Waals surface area contributed by atoms with Gasteiger partial charge in [0.25, 0.3) is 0 Å². The molecular weight excluding hydrogens is 262 g/mol. The Morgan fingerprint density at radius 3 is 2.30 bits per heavy atom. The van der Waals surface area contributed by atoms with E-state index in [4.69, 9.17) is 0 Å². The van der Waals surface area contributed by atoms with Crippen LogP contribution in [0.3, 0.4) is 0 Å². The summed E-state index contributed by atoms with van der Waals surface area (Å²) >= 11 is 1.88. The molecule has 0 aliphatic rings. The Morgan fingerprint density at radius 1 is 1.05 bits per heavy atom. The lowest BCUT2D eigenvalue weighted by Gasteiger charge is -2.20. The van der Waals surface area contributed by atoms with Gasteiger partial charge in [0, 0.05) is 4.90 Å². The molecule has 0 bridgehead atoms. The molecule has 1 nitrogen and oxygen atoms in total. The smallest absolute Gasteiger partial charge is 0.0576 e. The summed E-state index contributed by atoms with van der Waals surface area (Å²) in [6.45, 7) is 6.51. The van der Waals surface area contributed by atoms with Crippen molar-refractivity contribution < 1.29 is 0 Å². The quantitative estimate of drug-likeness (QED) is 0.797. The molecule has 20 heavy (non-hydrogen) atoms. The second-order valence-corrected chi connectivity index (χ2v) is 6.42. The van der Waals surface area contributed by atoms with Crippen molar-refractivity contribution in [2.45, 2.75) is 31.7 Å². The molecule has 0 heterocycles. The second-order valence-electron chi connectivity index (χ2n) is 5.08. The molecule has 0 amide bonds. The molecule has 0 saturated heterocycles. The largest absolute Gasteiger partial charge is 0.309 e. The molecule has 2 heteroatoms. The lowest BCUT2D eigenvalue weighted by molar-refractivity contribution is 0.687. The summed E-state index contributed by atoms with van der Waals surface area (Å²) in [6.07, 6.45) is 0. The van der Waals surface area contributed by atoms with Crippen LogP contribution in [0, 0.1) is 13.8 Å². The molecule has 1 unspecified atom stereocenters. The zero-order chi connectivity index (χ0) is 14.5. The minimum atomic E-state index is 0.260. The molecule has 106 valence electrons. The maximum absolute atomic E-state index is 3.44. The predicted molar refractivity (Wildman–Crippen MR) is 89.7 cm³/mol. The number of thioether (sulfide) groups is 1. The fraction of sp³-hybridized carbons (Fsp3) is 0.333. The summed E-state index contributed by atoms with van der Waals surface area (Å²) in [5.74, 6) is 1.12. The summed E-state index contributed by atoms with van der Waals surface area (Å²) < 4.78 is 0. The average molecular weight is 285 g/mol. The molecule has 2 aromatic carbocycles. The van der Waals surface area contributed by atoms with Crippen LogP contribution < -0.4 is 5.32 Å². The molecule has 0 aliphatic heterocycles. The van der Waals surface area contributed by atoms with Crippen LogP contribution in [0.25, 0.3) is 0 Å². The van der Waals surface area contributed by atoms with Crippen LogP contribution in [0.15, 0.2) is 47.4 Å². The van der Waals surface area contributed by atoms with Crippen molar-refractivity contribution in [3.63, 3.8) is 0 Å². The van der Waals surface area contributed by atoms with E-state index in [0.29, 0.717) is 0 Å². The van der Waals surface area contributed by atoms with Gasteiger partial charge in [0.05, 0.1) is 6.04 Å². The first-order valence-corrected chi connectivity index (χ1v) is 8.11. The molecule has 1 atom stereocenters. The van der Waals surface area contributed by atoms with Gasteiger partial charge in [-0.2, -0.15) is 0 Å². The zero-order valence-electron chi connectivity index (χ0n) is 12.7. The highest BCUT2D eigenvalue weighted by molar-refractivity contribution is 7.99. The van der Waals surface area contributed by atoms with E-state index in [2.05, 4.69) is 68.6 Å². The highest BCUT2D eigenvalue weighted by Gasteiger charge is 2.14. The van der Waals surface area contributed by atoms with Gasteiger partial charge >= 0.3 is 0 Å². The number of rotatable bonds is 5. The first-order valence-electron chi connectivity index (χ1n) is 7.13. The van der Waals surface area contributed by atoms with Crippen molar-refractivity contribution in [1.29, 1.82) is 0 Å². The normalized spacial score (nSPS) is 12.4. The van der Waals surface area contributed by atoms with E-state index in [1.54, 1.807) is 0 Å². The topological polar surface area (TPSA) is 12.0 Å². The van der Waals surface area contributed by atoms with Crippen molar-refractivity contribution in [3.8, 4) is 0 Å². The Labute approximate surface area is 126 Å². The van der Waals surface area contributed by atoms with Gasteiger partial charge < -0.3 is 5.32 Å². The van der Waals surface area contributed by atoms with Crippen LogP contribution in [0.1, 0.15) is 35.2 Å². The number of nitrogens with one attached hydrogen (secondary N) is 1. The molecule has 1 N–H and O–H groups in total. The summed E-state index contributed by atoms with van der Waals surface area (Å²) in [7, 11) is 2.03. The van der Waals surface area contributed by atoms with E-state index in [1.807, 2.05) is 18.8 Å². The van der Waals surface area contributed by atoms with E-state index in [1.165, 1.54) is 27.1 Å². The average Bonchev–Trinajstić information content (AvgIpc) is 2.44. The third-order valence-electron chi connectivity index (χ3n) is 3.55. The van der Waals surface area contributed by atoms with Gasteiger partial charge in [0.1, 0.15) is 0 Å². The third kappa shape index (κ3) is 3.44. The lowest BCUT2D eigenvalue weighted by Crippen LogP contribution is -2.18. The van der Waals surface area contributed by atoms with E-state index >= 15 is 0 Å². The SMILES string of the molecule is CCSc1ccc(C(NC)c2ccc(C)cc2C)cc1. The summed E-state index contributed by atoms with van der Waals surface area (Å²) in [5.41, 5.74) is 5.33. The van der Waals surface area contributed by atoms with Crippen LogP contribution in [0.2, 0.25) is 0 Å². The maximum atomic E-state index is 3.44. The lowest BCUT2D eigenvalue weighted by atomic mass is 9.94. The van der Waals surface area contributed by atoms with E-state index < -0.39 is 0 Å². The molecule has 0 saturated carbocycles. The molecule has 0 radical (unpaired) electrons. The van der Waals surface area contributed by atoms with Crippen molar-refractivity contribution in [2.24, 2.45) is 0 Å². The van der Waals surface area contributed by atoms with Crippen molar-refractivity contribution in [3.05, 3.63) is 64.7 Å². The first-order chi connectivity index (χ1) is 9.65. The van der Waals surface area contributed by atoms with Gasteiger partial charge in [-0.3, -0.25) is 0 Å². The van der Waals surface area contributed by atoms with Crippen LogP contribution in [-0.4, -0.2) is 12.8 Å². The van der Waals surface area contributed by atoms with Crippen molar-refractivity contribution >= 4 is 11.8 Å². The number of hydrogen-bond donors (Lipinski definition) is 1. The Bertz CT molecular complexity index is 560. The van der Waals surface area contributed by atoms with Gasteiger partial charge in [-0.15, -0.1) is 11.8 Å². The van der Waals surface area contributed by atoms with Gasteiger partial charge in [-0.1, -0.05) is 42.8 Å². The zero-order valence-corrected chi connectivity index (χ0v) is 13.6. The third-order valence-corrected chi connectivity index (χ3v) is 4.44. The van der Waals surface area contributed by atoms with Crippen molar-refractivity contribution in [1.82, 2.24) is 5.32 Å². The summed E-state index contributed by atoms with van der Waals surface area (Å²) in [6, 6.07) is 15.8. The minimum Gasteiger partial charge on any atom is -0.309 e. The molecule has 0 fully saturated rings. The molecular formula is C18H23NS. The van der Waals surface area contributed by atoms with E-state index in [9.17, 15) is 0 Å². The van der Waals surface area contributed by atoms with Gasteiger partial charge in [-0.05, 0) is 55.5 Å².